The van der Waals surface area contributed by atoms with Crippen molar-refractivity contribution in [2.24, 2.45) is 0 Å². The van der Waals surface area contributed by atoms with Crippen LogP contribution in [0.25, 0.3) is 11.0 Å². The fourth-order valence-corrected chi connectivity index (χ4v) is 1.78. The fraction of sp³-hybridized carbons (Fsp3) is 0.0714. The molecule has 5 nitrogen and oxygen atoms in total. The monoisotopic (exact) mass is 251 g/mol. The van der Waals surface area contributed by atoms with Crippen LogP contribution in [0, 0.1) is 11.3 Å². The molecule has 0 saturated heterocycles. The molecule has 0 N–H and O–H groups in total. The number of nitriles is 1. The van der Waals surface area contributed by atoms with Crippen LogP contribution in [-0.4, -0.2) is 9.97 Å². The zero-order chi connectivity index (χ0) is 13.1. The molecule has 5 heteroatoms. The zero-order valence-corrected chi connectivity index (χ0v) is 9.91. The lowest BCUT2D eigenvalue weighted by atomic mass is 10.2. The largest absolute Gasteiger partial charge is 0.480 e. The number of aromatic nitrogens is 2. The van der Waals surface area contributed by atoms with Crippen LogP contribution >= 0.6 is 0 Å². The van der Waals surface area contributed by atoms with Crippen molar-refractivity contribution in [2.75, 3.05) is 0 Å². The highest BCUT2D eigenvalue weighted by Crippen LogP contribution is 2.32. The fourth-order valence-electron chi connectivity index (χ4n) is 1.78. The minimum atomic E-state index is 0.164. The first-order valence-corrected chi connectivity index (χ1v) is 5.69. The number of ether oxygens (including phenoxy) is 1. The second-order valence-electron chi connectivity index (χ2n) is 3.82. The molecule has 1 aromatic carbocycles. The number of para-hydroxylation sites is 1. The predicted octanol–water partition coefficient (Wildman–Crippen LogP) is 2.67. The second-order valence-corrected chi connectivity index (χ2v) is 3.82. The van der Waals surface area contributed by atoms with Gasteiger partial charge >= 0.3 is 0 Å². The summed E-state index contributed by atoms with van der Waals surface area (Å²) in [4.78, 5) is 8.13. The van der Waals surface area contributed by atoms with Crippen molar-refractivity contribution in [1.82, 2.24) is 9.97 Å². The van der Waals surface area contributed by atoms with E-state index in [2.05, 4.69) is 9.97 Å². The standard InChI is InChI=1S/C14H9N3O2/c15-8-12-14(10-4-1-2-5-11(10)19-12)18-9-13-16-6-3-7-17-13/h1-7H,9H2. The smallest absolute Gasteiger partial charge is 0.246 e. The number of benzene rings is 1. The maximum Gasteiger partial charge on any atom is 0.246 e. The third-order valence-electron chi connectivity index (χ3n) is 2.62. The summed E-state index contributed by atoms with van der Waals surface area (Å²) in [6, 6.07) is 11.1. The molecule has 0 radical (unpaired) electrons. The van der Waals surface area contributed by atoms with E-state index in [0.29, 0.717) is 17.2 Å². The Labute approximate surface area is 109 Å². The van der Waals surface area contributed by atoms with Gasteiger partial charge in [-0.15, -0.1) is 0 Å². The molecular weight excluding hydrogens is 242 g/mol. The molecule has 3 aromatic rings. The summed E-state index contributed by atoms with van der Waals surface area (Å²) in [6.07, 6.45) is 3.29. The summed E-state index contributed by atoms with van der Waals surface area (Å²) >= 11 is 0. The van der Waals surface area contributed by atoms with E-state index in [1.165, 1.54) is 0 Å². The SMILES string of the molecule is N#Cc1oc2ccccc2c1OCc1ncccn1. The van der Waals surface area contributed by atoms with E-state index in [4.69, 9.17) is 14.4 Å². The van der Waals surface area contributed by atoms with Gasteiger partial charge in [-0.3, -0.25) is 0 Å². The Morgan fingerprint density at radius 1 is 1.16 bits per heavy atom. The number of rotatable bonds is 3. The van der Waals surface area contributed by atoms with Crippen LogP contribution in [0.3, 0.4) is 0 Å². The average molecular weight is 251 g/mol. The summed E-state index contributed by atoms with van der Waals surface area (Å²) in [6.45, 7) is 0.193. The van der Waals surface area contributed by atoms with Gasteiger partial charge < -0.3 is 9.15 Å². The lowest BCUT2D eigenvalue weighted by Gasteiger charge is -2.02. The maximum absolute atomic E-state index is 9.06. The van der Waals surface area contributed by atoms with Crippen LogP contribution in [0.15, 0.2) is 47.1 Å². The first-order valence-electron chi connectivity index (χ1n) is 5.69. The summed E-state index contributed by atoms with van der Waals surface area (Å²) in [5, 5.41) is 9.83. The Kier molecular flexibility index (Phi) is 2.83. The first kappa shape index (κ1) is 11.2. The van der Waals surface area contributed by atoms with Crippen LogP contribution < -0.4 is 4.74 Å². The maximum atomic E-state index is 9.06. The Balaban J connectivity index is 1.94. The normalized spacial score (nSPS) is 10.3. The van der Waals surface area contributed by atoms with E-state index in [-0.39, 0.29) is 12.4 Å². The van der Waals surface area contributed by atoms with Gasteiger partial charge in [0.1, 0.15) is 18.3 Å². The molecule has 0 bridgehead atoms. The third-order valence-corrected chi connectivity index (χ3v) is 2.62. The number of fused-ring (bicyclic) bond motifs is 1. The number of furan rings is 1. The zero-order valence-electron chi connectivity index (χ0n) is 9.91. The second kappa shape index (κ2) is 4.78. The van der Waals surface area contributed by atoms with Gasteiger partial charge in [-0.2, -0.15) is 5.26 Å². The van der Waals surface area contributed by atoms with E-state index in [1.54, 1.807) is 24.5 Å². The molecule has 2 heterocycles. The molecule has 92 valence electrons. The molecule has 19 heavy (non-hydrogen) atoms. The molecule has 0 fully saturated rings. The van der Waals surface area contributed by atoms with Gasteiger partial charge in [0.25, 0.3) is 0 Å². The quantitative estimate of drug-likeness (QED) is 0.715. The molecular formula is C14H9N3O2. The Hall–Kier alpha value is -2.87. The van der Waals surface area contributed by atoms with E-state index >= 15 is 0 Å². The molecule has 0 aliphatic rings. The highest BCUT2D eigenvalue weighted by Gasteiger charge is 2.15. The molecule has 0 amide bonds. The van der Waals surface area contributed by atoms with Crippen LogP contribution in [0.2, 0.25) is 0 Å². The number of hydrogen-bond acceptors (Lipinski definition) is 5. The molecule has 2 aromatic heterocycles. The summed E-state index contributed by atoms with van der Waals surface area (Å²) in [7, 11) is 0. The highest BCUT2D eigenvalue weighted by molar-refractivity contribution is 5.86. The van der Waals surface area contributed by atoms with Crippen molar-refractivity contribution < 1.29 is 9.15 Å². The van der Waals surface area contributed by atoms with Crippen molar-refractivity contribution in [3.05, 3.63) is 54.3 Å². The van der Waals surface area contributed by atoms with Crippen LogP contribution in [0.5, 0.6) is 5.75 Å². The lowest BCUT2D eigenvalue weighted by molar-refractivity contribution is 0.293. The number of nitrogens with zero attached hydrogens (tertiary/aromatic N) is 3. The lowest BCUT2D eigenvalue weighted by Crippen LogP contribution is -2.00. The van der Waals surface area contributed by atoms with Crippen molar-refractivity contribution in [2.45, 2.75) is 6.61 Å². The minimum Gasteiger partial charge on any atom is -0.480 e. The predicted molar refractivity (Wildman–Crippen MR) is 67.3 cm³/mol. The molecule has 0 atom stereocenters. The molecule has 0 unspecified atom stereocenters. The Bertz CT molecular complexity index is 744. The summed E-state index contributed by atoms with van der Waals surface area (Å²) in [5.41, 5.74) is 0.628. The van der Waals surface area contributed by atoms with Crippen LogP contribution in [0.4, 0.5) is 0 Å². The van der Waals surface area contributed by atoms with Crippen LogP contribution in [-0.2, 0) is 6.61 Å². The molecule has 0 spiro atoms. The van der Waals surface area contributed by atoms with E-state index < -0.39 is 0 Å². The van der Waals surface area contributed by atoms with Gasteiger partial charge in [-0.25, -0.2) is 9.97 Å². The van der Waals surface area contributed by atoms with E-state index in [1.807, 2.05) is 24.3 Å². The van der Waals surface area contributed by atoms with Crippen LogP contribution in [0.1, 0.15) is 11.6 Å². The third kappa shape index (κ3) is 2.11. The van der Waals surface area contributed by atoms with Crippen molar-refractivity contribution >= 4 is 11.0 Å². The summed E-state index contributed by atoms with van der Waals surface area (Å²) in [5.74, 6) is 1.15. The molecule has 3 rings (SSSR count). The first-order chi connectivity index (χ1) is 9.38. The van der Waals surface area contributed by atoms with Crippen molar-refractivity contribution in [3.63, 3.8) is 0 Å². The molecule has 0 aliphatic carbocycles. The summed E-state index contributed by atoms with van der Waals surface area (Å²) < 4.78 is 11.0. The van der Waals surface area contributed by atoms with Gasteiger partial charge in [-0.05, 0) is 18.2 Å². The van der Waals surface area contributed by atoms with Gasteiger partial charge in [0.2, 0.25) is 5.76 Å². The minimum absolute atomic E-state index is 0.164. The van der Waals surface area contributed by atoms with Gasteiger partial charge in [0.15, 0.2) is 11.6 Å². The molecule has 0 saturated carbocycles. The average Bonchev–Trinajstić information content (AvgIpc) is 2.84. The Morgan fingerprint density at radius 2 is 1.95 bits per heavy atom. The molecule has 0 aliphatic heterocycles. The van der Waals surface area contributed by atoms with E-state index in [9.17, 15) is 0 Å². The van der Waals surface area contributed by atoms with Crippen molar-refractivity contribution in [1.29, 1.82) is 5.26 Å². The Morgan fingerprint density at radius 3 is 2.74 bits per heavy atom. The van der Waals surface area contributed by atoms with Gasteiger partial charge in [0.05, 0.1) is 5.39 Å². The topological polar surface area (TPSA) is 71.9 Å². The van der Waals surface area contributed by atoms with E-state index in [0.717, 1.165) is 5.39 Å². The van der Waals surface area contributed by atoms with Gasteiger partial charge in [-0.1, -0.05) is 12.1 Å². The highest BCUT2D eigenvalue weighted by atomic mass is 16.5. The van der Waals surface area contributed by atoms with Crippen molar-refractivity contribution in [3.8, 4) is 11.8 Å². The van der Waals surface area contributed by atoms with Gasteiger partial charge in [0, 0.05) is 12.4 Å². The number of hydrogen-bond donors (Lipinski definition) is 0.